The maximum Gasteiger partial charge on any atom is 0.311 e. The average Bonchev–Trinajstić information content (AvgIpc) is 2.99. The van der Waals surface area contributed by atoms with Gasteiger partial charge < -0.3 is 10.1 Å². The van der Waals surface area contributed by atoms with Crippen molar-refractivity contribution < 1.29 is 14.5 Å². The number of carbonyl (C=O) groups is 1. The van der Waals surface area contributed by atoms with Crippen molar-refractivity contribution >= 4 is 23.2 Å². The van der Waals surface area contributed by atoms with Gasteiger partial charge in [-0.2, -0.15) is 0 Å². The fourth-order valence-electron chi connectivity index (χ4n) is 4.36. The zero-order valence-corrected chi connectivity index (χ0v) is 17.1. The zero-order chi connectivity index (χ0) is 21.8. The predicted octanol–water partition coefficient (Wildman–Crippen LogP) is 5.33. The Morgan fingerprint density at radius 1 is 1.00 bits per heavy atom. The van der Waals surface area contributed by atoms with E-state index in [9.17, 15) is 14.9 Å². The van der Waals surface area contributed by atoms with Crippen LogP contribution in [-0.2, 0) is 5.41 Å². The van der Waals surface area contributed by atoms with E-state index in [1.165, 1.54) is 6.07 Å². The van der Waals surface area contributed by atoms with E-state index in [-0.39, 0.29) is 17.2 Å². The van der Waals surface area contributed by atoms with E-state index in [1.807, 2.05) is 56.3 Å². The van der Waals surface area contributed by atoms with Crippen LogP contribution in [-0.4, -0.2) is 16.4 Å². The second kappa shape index (κ2) is 6.54. The van der Waals surface area contributed by atoms with Crippen molar-refractivity contribution in [2.75, 3.05) is 5.32 Å². The Hall–Kier alpha value is -3.93. The van der Waals surface area contributed by atoms with Gasteiger partial charge in [-0.1, -0.05) is 42.5 Å². The molecule has 1 unspecified atom stereocenters. The van der Waals surface area contributed by atoms with Gasteiger partial charge in [0.2, 0.25) is 11.5 Å². The first-order valence-corrected chi connectivity index (χ1v) is 10.0. The lowest BCUT2D eigenvalue weighted by Gasteiger charge is -2.41. The normalized spacial score (nSPS) is 19.8. The molecule has 5 rings (SSSR count). The standard InChI is InChI=1S/C25H20N2O4/c1-24(2)19-15-18(22(28)16-7-4-3-5-8-16)11-12-20(19)26-25(24)14-13-17-9-6-10-21(27(29)30)23(17)31-25/h3-15,26H,1-2H3. The SMILES string of the molecule is CC1(C)c2cc(C(=O)c3ccccc3)ccc2NC12C=Cc1cccc([N+](=O)[O-])c1O2. The molecule has 0 saturated heterocycles. The molecule has 0 bridgehead atoms. The number of hydrogen-bond acceptors (Lipinski definition) is 5. The van der Waals surface area contributed by atoms with Gasteiger partial charge in [-0.25, -0.2) is 0 Å². The first kappa shape index (κ1) is 19.1. The summed E-state index contributed by atoms with van der Waals surface area (Å²) in [5.41, 5.74) is 1.93. The third kappa shape index (κ3) is 2.75. The summed E-state index contributed by atoms with van der Waals surface area (Å²) in [5, 5.41) is 15.0. The van der Waals surface area contributed by atoms with E-state index in [2.05, 4.69) is 5.32 Å². The number of fused-ring (bicyclic) bond motifs is 2. The molecular weight excluding hydrogens is 392 g/mol. The molecule has 154 valence electrons. The van der Waals surface area contributed by atoms with Crippen LogP contribution in [0.3, 0.4) is 0 Å². The van der Waals surface area contributed by atoms with Crippen molar-refractivity contribution in [3.8, 4) is 5.75 Å². The Balaban J connectivity index is 1.57. The van der Waals surface area contributed by atoms with E-state index in [0.717, 1.165) is 11.3 Å². The van der Waals surface area contributed by atoms with Crippen molar-refractivity contribution in [2.24, 2.45) is 0 Å². The molecule has 1 atom stereocenters. The first-order valence-electron chi connectivity index (χ1n) is 10.0. The number of para-hydroxylation sites is 1. The number of nitro groups is 1. The van der Waals surface area contributed by atoms with Crippen molar-refractivity contribution in [2.45, 2.75) is 25.0 Å². The first-order chi connectivity index (χ1) is 14.8. The summed E-state index contributed by atoms with van der Waals surface area (Å²) >= 11 is 0. The summed E-state index contributed by atoms with van der Waals surface area (Å²) in [6.45, 7) is 4.01. The van der Waals surface area contributed by atoms with Gasteiger partial charge in [0.25, 0.3) is 0 Å². The Morgan fingerprint density at radius 2 is 1.77 bits per heavy atom. The number of hydrogen-bond donors (Lipinski definition) is 1. The van der Waals surface area contributed by atoms with Crippen LogP contribution < -0.4 is 10.1 Å². The number of anilines is 1. The number of nitro benzene ring substituents is 1. The lowest BCUT2D eigenvalue weighted by Crippen LogP contribution is -2.53. The van der Waals surface area contributed by atoms with Gasteiger partial charge in [-0.15, -0.1) is 0 Å². The molecule has 3 aromatic rings. The number of carbonyl (C=O) groups excluding carboxylic acids is 1. The van der Waals surface area contributed by atoms with Gasteiger partial charge in [0, 0.05) is 28.4 Å². The molecule has 6 heteroatoms. The highest BCUT2D eigenvalue weighted by atomic mass is 16.6. The van der Waals surface area contributed by atoms with Crippen LogP contribution >= 0.6 is 0 Å². The van der Waals surface area contributed by atoms with E-state index >= 15 is 0 Å². The van der Waals surface area contributed by atoms with Crippen molar-refractivity contribution in [3.05, 3.63) is 105 Å². The largest absolute Gasteiger partial charge is 0.456 e. The highest BCUT2D eigenvalue weighted by molar-refractivity contribution is 6.09. The third-order valence-electron chi connectivity index (χ3n) is 6.22. The summed E-state index contributed by atoms with van der Waals surface area (Å²) in [4.78, 5) is 24.1. The maximum atomic E-state index is 13.0. The van der Waals surface area contributed by atoms with Gasteiger partial charge in [0.15, 0.2) is 5.78 Å². The number of ketones is 1. The second-order valence-corrected chi connectivity index (χ2v) is 8.33. The summed E-state index contributed by atoms with van der Waals surface area (Å²) in [7, 11) is 0. The van der Waals surface area contributed by atoms with Crippen LogP contribution in [0.2, 0.25) is 0 Å². The molecule has 0 fully saturated rings. The van der Waals surface area contributed by atoms with Crippen LogP contribution in [0.4, 0.5) is 11.4 Å². The minimum Gasteiger partial charge on any atom is -0.456 e. The highest BCUT2D eigenvalue weighted by Crippen LogP contribution is 2.52. The smallest absolute Gasteiger partial charge is 0.311 e. The van der Waals surface area contributed by atoms with Crippen LogP contribution in [0.15, 0.2) is 72.8 Å². The van der Waals surface area contributed by atoms with Gasteiger partial charge in [-0.3, -0.25) is 14.9 Å². The van der Waals surface area contributed by atoms with Crippen LogP contribution in [0, 0.1) is 10.1 Å². The number of nitrogens with zero attached hydrogens (tertiary/aromatic N) is 1. The molecule has 0 saturated carbocycles. The van der Waals surface area contributed by atoms with Crippen LogP contribution in [0.25, 0.3) is 6.08 Å². The summed E-state index contributed by atoms with van der Waals surface area (Å²) < 4.78 is 6.33. The summed E-state index contributed by atoms with van der Waals surface area (Å²) in [6, 6.07) is 19.6. The average molecular weight is 412 g/mol. The number of benzene rings is 3. The summed E-state index contributed by atoms with van der Waals surface area (Å²) in [5.74, 6) is 0.185. The predicted molar refractivity (Wildman–Crippen MR) is 118 cm³/mol. The molecule has 1 spiro atoms. The van der Waals surface area contributed by atoms with Gasteiger partial charge in [-0.05, 0) is 49.8 Å². The van der Waals surface area contributed by atoms with Crippen molar-refractivity contribution in [1.29, 1.82) is 0 Å². The van der Waals surface area contributed by atoms with E-state index in [4.69, 9.17) is 4.74 Å². The molecule has 0 aliphatic carbocycles. The fourth-order valence-corrected chi connectivity index (χ4v) is 4.36. The minimum absolute atomic E-state index is 0.0544. The Labute approximate surface area is 179 Å². The molecule has 2 aliphatic heterocycles. The topological polar surface area (TPSA) is 81.5 Å². The van der Waals surface area contributed by atoms with E-state index < -0.39 is 16.1 Å². The monoisotopic (exact) mass is 412 g/mol. The third-order valence-corrected chi connectivity index (χ3v) is 6.22. The maximum absolute atomic E-state index is 13.0. The van der Waals surface area contributed by atoms with E-state index in [0.29, 0.717) is 16.7 Å². The zero-order valence-electron chi connectivity index (χ0n) is 17.1. The molecule has 2 aliphatic rings. The van der Waals surface area contributed by atoms with Crippen LogP contribution in [0.5, 0.6) is 5.75 Å². The lowest BCUT2D eigenvalue weighted by molar-refractivity contribution is -0.386. The molecule has 6 nitrogen and oxygen atoms in total. The molecule has 0 amide bonds. The number of nitrogens with one attached hydrogen (secondary N) is 1. The molecule has 0 aromatic heterocycles. The quantitative estimate of drug-likeness (QED) is 0.357. The molecule has 0 radical (unpaired) electrons. The second-order valence-electron chi connectivity index (χ2n) is 8.33. The van der Waals surface area contributed by atoms with Crippen molar-refractivity contribution in [3.63, 3.8) is 0 Å². The van der Waals surface area contributed by atoms with E-state index in [1.54, 1.807) is 30.3 Å². The summed E-state index contributed by atoms with van der Waals surface area (Å²) in [6.07, 6.45) is 3.75. The Morgan fingerprint density at radius 3 is 2.52 bits per heavy atom. The molecular formula is C25H20N2O4. The molecule has 2 heterocycles. The molecule has 1 N–H and O–H groups in total. The fraction of sp³-hybridized carbons (Fsp3) is 0.160. The van der Waals surface area contributed by atoms with Gasteiger partial charge >= 0.3 is 5.69 Å². The molecule has 31 heavy (non-hydrogen) atoms. The van der Waals surface area contributed by atoms with Gasteiger partial charge in [0.1, 0.15) is 0 Å². The lowest BCUT2D eigenvalue weighted by atomic mass is 9.76. The minimum atomic E-state index is -1.01. The highest BCUT2D eigenvalue weighted by Gasteiger charge is 2.55. The number of ether oxygens (including phenoxy) is 1. The van der Waals surface area contributed by atoms with Gasteiger partial charge in [0.05, 0.1) is 10.3 Å². The Bertz CT molecular complexity index is 1260. The Kier molecular flexibility index (Phi) is 4.02. The number of rotatable bonds is 3. The van der Waals surface area contributed by atoms with Crippen LogP contribution in [0.1, 0.15) is 40.9 Å². The molecule has 3 aromatic carbocycles. The van der Waals surface area contributed by atoms with Crippen molar-refractivity contribution in [1.82, 2.24) is 0 Å².